The van der Waals surface area contributed by atoms with Crippen LogP contribution in [-0.4, -0.2) is 6.10 Å². The largest absolute Gasteiger partial charge is 0.490 e. The van der Waals surface area contributed by atoms with Crippen LogP contribution in [0.15, 0.2) is 16.6 Å². The topological polar surface area (TPSA) is 35.2 Å². The van der Waals surface area contributed by atoms with Gasteiger partial charge in [0.2, 0.25) is 0 Å². The van der Waals surface area contributed by atoms with Gasteiger partial charge in [0.25, 0.3) is 0 Å². The van der Waals surface area contributed by atoms with Crippen LogP contribution in [0.5, 0.6) is 5.75 Å². The summed E-state index contributed by atoms with van der Waals surface area (Å²) in [5.74, 6) is 0.792. The summed E-state index contributed by atoms with van der Waals surface area (Å²) in [7, 11) is 0. The first-order chi connectivity index (χ1) is 6.66. The standard InChI is InChI=1S/C10H11BrClNO/c11-8-4-7(5-9(12)10(8)13)14-6-2-1-3-6/h4-6H,1-3,13H2. The van der Waals surface area contributed by atoms with Crippen LogP contribution in [-0.2, 0) is 0 Å². The molecular weight excluding hydrogens is 265 g/mol. The molecule has 0 aliphatic heterocycles. The van der Waals surface area contributed by atoms with Crippen LogP contribution in [0.1, 0.15) is 19.3 Å². The highest BCUT2D eigenvalue weighted by Gasteiger charge is 2.19. The lowest BCUT2D eigenvalue weighted by Crippen LogP contribution is -2.24. The predicted molar refractivity (Wildman–Crippen MR) is 61.8 cm³/mol. The number of anilines is 1. The lowest BCUT2D eigenvalue weighted by Gasteiger charge is -2.26. The minimum absolute atomic E-state index is 0.363. The summed E-state index contributed by atoms with van der Waals surface area (Å²) in [5, 5.41) is 0.536. The molecule has 1 aromatic carbocycles. The monoisotopic (exact) mass is 275 g/mol. The summed E-state index contributed by atoms with van der Waals surface area (Å²) in [5.41, 5.74) is 6.26. The maximum atomic E-state index is 5.93. The molecule has 1 aliphatic carbocycles. The maximum absolute atomic E-state index is 5.93. The normalized spacial score (nSPS) is 16.4. The third-order valence-electron chi connectivity index (χ3n) is 2.41. The van der Waals surface area contributed by atoms with Crippen molar-refractivity contribution in [2.24, 2.45) is 0 Å². The Balaban J connectivity index is 2.17. The van der Waals surface area contributed by atoms with E-state index in [0.29, 0.717) is 16.8 Å². The third-order valence-corrected chi connectivity index (χ3v) is 3.38. The Morgan fingerprint density at radius 3 is 2.64 bits per heavy atom. The van der Waals surface area contributed by atoms with Gasteiger partial charge >= 0.3 is 0 Å². The summed E-state index contributed by atoms with van der Waals surface area (Å²) in [4.78, 5) is 0. The lowest BCUT2D eigenvalue weighted by atomic mass is 9.96. The van der Waals surface area contributed by atoms with Crippen LogP contribution in [0.25, 0.3) is 0 Å². The van der Waals surface area contributed by atoms with Gasteiger partial charge in [0.15, 0.2) is 0 Å². The molecule has 0 amide bonds. The van der Waals surface area contributed by atoms with Crippen molar-refractivity contribution >= 4 is 33.2 Å². The van der Waals surface area contributed by atoms with E-state index in [-0.39, 0.29) is 0 Å². The molecule has 1 aliphatic rings. The zero-order chi connectivity index (χ0) is 10.1. The maximum Gasteiger partial charge on any atom is 0.122 e. The molecule has 0 heterocycles. The van der Waals surface area contributed by atoms with Crippen molar-refractivity contribution < 1.29 is 4.74 Å². The van der Waals surface area contributed by atoms with Gasteiger partial charge in [-0.1, -0.05) is 11.6 Å². The Labute approximate surface area is 96.5 Å². The second-order valence-corrected chi connectivity index (χ2v) is 4.73. The van der Waals surface area contributed by atoms with Crippen molar-refractivity contribution in [2.45, 2.75) is 25.4 Å². The summed E-state index contributed by atoms with van der Waals surface area (Å²) >= 11 is 9.27. The van der Waals surface area contributed by atoms with E-state index in [1.54, 1.807) is 6.07 Å². The van der Waals surface area contributed by atoms with Gasteiger partial charge in [0, 0.05) is 10.5 Å². The molecule has 4 heteroatoms. The number of halogens is 2. The first-order valence-corrected chi connectivity index (χ1v) is 5.75. The summed E-state index contributed by atoms with van der Waals surface area (Å²) < 4.78 is 6.49. The van der Waals surface area contributed by atoms with Gasteiger partial charge in [0.1, 0.15) is 5.75 Å². The fourth-order valence-electron chi connectivity index (χ4n) is 1.31. The molecule has 0 spiro atoms. The molecule has 76 valence electrons. The molecule has 14 heavy (non-hydrogen) atoms. The van der Waals surface area contributed by atoms with Crippen molar-refractivity contribution in [1.82, 2.24) is 0 Å². The van der Waals surface area contributed by atoms with Crippen LogP contribution >= 0.6 is 27.5 Å². The molecule has 0 aromatic heterocycles. The van der Waals surface area contributed by atoms with E-state index >= 15 is 0 Å². The molecular formula is C10H11BrClNO. The average Bonchev–Trinajstić information content (AvgIpc) is 2.07. The van der Waals surface area contributed by atoms with E-state index in [4.69, 9.17) is 22.1 Å². The second kappa shape index (κ2) is 3.99. The van der Waals surface area contributed by atoms with E-state index in [1.807, 2.05) is 6.07 Å². The fourth-order valence-corrected chi connectivity index (χ4v) is 2.07. The molecule has 1 fully saturated rings. The SMILES string of the molecule is Nc1c(Cl)cc(OC2CCC2)cc1Br. The van der Waals surface area contributed by atoms with E-state index in [0.717, 1.165) is 23.1 Å². The minimum atomic E-state index is 0.363. The number of hydrogen-bond acceptors (Lipinski definition) is 2. The molecule has 2 rings (SSSR count). The summed E-state index contributed by atoms with van der Waals surface area (Å²) in [6.07, 6.45) is 3.90. The van der Waals surface area contributed by atoms with Crippen molar-refractivity contribution in [3.05, 3.63) is 21.6 Å². The summed E-state index contributed by atoms with van der Waals surface area (Å²) in [6.45, 7) is 0. The van der Waals surface area contributed by atoms with Gasteiger partial charge in [-0.3, -0.25) is 0 Å². The van der Waals surface area contributed by atoms with Gasteiger partial charge in [-0.25, -0.2) is 0 Å². The first kappa shape index (κ1) is 10.1. The van der Waals surface area contributed by atoms with Crippen LogP contribution < -0.4 is 10.5 Å². The molecule has 1 aromatic rings. The Bertz CT molecular complexity index is 329. The highest BCUT2D eigenvalue weighted by atomic mass is 79.9. The van der Waals surface area contributed by atoms with Crippen molar-refractivity contribution in [3.63, 3.8) is 0 Å². The Morgan fingerprint density at radius 2 is 2.14 bits per heavy atom. The number of nitrogen functional groups attached to an aromatic ring is 1. The Hall–Kier alpha value is -0.410. The quantitative estimate of drug-likeness (QED) is 0.838. The molecule has 0 unspecified atom stereocenters. The molecule has 0 bridgehead atoms. The van der Waals surface area contributed by atoms with E-state index in [1.165, 1.54) is 6.42 Å². The van der Waals surface area contributed by atoms with Crippen LogP contribution in [0, 0.1) is 0 Å². The Kier molecular flexibility index (Phi) is 2.88. The van der Waals surface area contributed by atoms with Crippen LogP contribution in [0.2, 0.25) is 5.02 Å². The molecule has 0 radical (unpaired) electrons. The lowest BCUT2D eigenvalue weighted by molar-refractivity contribution is 0.120. The minimum Gasteiger partial charge on any atom is -0.490 e. The zero-order valence-corrected chi connectivity index (χ0v) is 9.94. The highest BCUT2D eigenvalue weighted by Crippen LogP contribution is 2.34. The number of hydrogen-bond donors (Lipinski definition) is 1. The van der Waals surface area contributed by atoms with Crippen LogP contribution in [0.3, 0.4) is 0 Å². The summed E-state index contributed by atoms with van der Waals surface area (Å²) in [6, 6.07) is 3.62. The number of benzene rings is 1. The van der Waals surface area contributed by atoms with Crippen LogP contribution in [0.4, 0.5) is 5.69 Å². The van der Waals surface area contributed by atoms with Gasteiger partial charge < -0.3 is 10.5 Å². The van der Waals surface area contributed by atoms with Crippen molar-refractivity contribution in [3.8, 4) is 5.75 Å². The Morgan fingerprint density at radius 1 is 1.43 bits per heavy atom. The van der Waals surface area contributed by atoms with Gasteiger partial charge in [0.05, 0.1) is 16.8 Å². The first-order valence-electron chi connectivity index (χ1n) is 4.58. The number of nitrogens with two attached hydrogens (primary N) is 1. The number of rotatable bonds is 2. The predicted octanol–water partition coefficient (Wildman–Crippen LogP) is 3.62. The van der Waals surface area contributed by atoms with Crippen molar-refractivity contribution in [2.75, 3.05) is 5.73 Å². The zero-order valence-electron chi connectivity index (χ0n) is 7.59. The van der Waals surface area contributed by atoms with E-state index < -0.39 is 0 Å². The van der Waals surface area contributed by atoms with Gasteiger partial charge in [-0.05, 0) is 41.3 Å². The van der Waals surface area contributed by atoms with Gasteiger partial charge in [-0.2, -0.15) is 0 Å². The highest BCUT2D eigenvalue weighted by molar-refractivity contribution is 9.10. The molecule has 0 atom stereocenters. The molecule has 2 N–H and O–H groups in total. The average molecular weight is 277 g/mol. The van der Waals surface area contributed by atoms with Gasteiger partial charge in [-0.15, -0.1) is 0 Å². The molecule has 0 saturated heterocycles. The molecule has 1 saturated carbocycles. The molecule has 2 nitrogen and oxygen atoms in total. The number of ether oxygens (including phenoxy) is 1. The van der Waals surface area contributed by atoms with Crippen molar-refractivity contribution in [1.29, 1.82) is 0 Å². The smallest absolute Gasteiger partial charge is 0.122 e. The fraction of sp³-hybridized carbons (Fsp3) is 0.400. The van der Waals surface area contributed by atoms with E-state index in [9.17, 15) is 0 Å². The second-order valence-electron chi connectivity index (χ2n) is 3.47. The van der Waals surface area contributed by atoms with E-state index in [2.05, 4.69) is 15.9 Å². The third kappa shape index (κ3) is 1.98.